The molecule has 0 aromatic heterocycles. The average Bonchev–Trinajstić information content (AvgIpc) is 2.44. The van der Waals surface area contributed by atoms with Crippen LogP contribution in [0.2, 0.25) is 0 Å². The third-order valence-electron chi connectivity index (χ3n) is 4.02. The molecule has 0 atom stereocenters. The molecular formula is C15H27NO4. The summed E-state index contributed by atoms with van der Waals surface area (Å²) in [5.74, 6) is -0.217. The minimum Gasteiger partial charge on any atom is -0.469 e. The Morgan fingerprint density at radius 2 is 1.80 bits per heavy atom. The van der Waals surface area contributed by atoms with Gasteiger partial charge in [0.05, 0.1) is 19.1 Å². The topological polar surface area (TPSA) is 64.6 Å². The largest absolute Gasteiger partial charge is 0.469 e. The van der Waals surface area contributed by atoms with Crippen LogP contribution in [0.5, 0.6) is 0 Å². The maximum atomic E-state index is 11.8. The summed E-state index contributed by atoms with van der Waals surface area (Å²) in [6.45, 7) is 6.12. The van der Waals surface area contributed by atoms with Crippen LogP contribution >= 0.6 is 0 Å². The van der Waals surface area contributed by atoms with Crippen molar-refractivity contribution in [2.75, 3.05) is 13.7 Å². The summed E-state index contributed by atoms with van der Waals surface area (Å²) in [6.07, 6.45) is 4.13. The van der Waals surface area contributed by atoms with Crippen molar-refractivity contribution in [1.29, 1.82) is 0 Å². The Morgan fingerprint density at radius 3 is 2.30 bits per heavy atom. The number of methoxy groups -OCH3 is 1. The van der Waals surface area contributed by atoms with Crippen LogP contribution in [0.15, 0.2) is 0 Å². The molecule has 1 N–H and O–H groups in total. The molecule has 1 aliphatic rings. The monoisotopic (exact) mass is 285 g/mol. The van der Waals surface area contributed by atoms with Gasteiger partial charge in [0.25, 0.3) is 0 Å². The highest BCUT2D eigenvalue weighted by molar-refractivity contribution is 5.78. The molecule has 1 amide bonds. The fourth-order valence-electron chi connectivity index (χ4n) is 2.33. The van der Waals surface area contributed by atoms with Gasteiger partial charge in [-0.1, -0.05) is 6.92 Å². The summed E-state index contributed by atoms with van der Waals surface area (Å²) in [5.41, 5.74) is -0.191. The summed E-state index contributed by atoms with van der Waals surface area (Å²) < 4.78 is 10.4. The fourth-order valence-corrected chi connectivity index (χ4v) is 2.33. The molecule has 20 heavy (non-hydrogen) atoms. The second-order valence-corrected chi connectivity index (χ2v) is 6.09. The highest BCUT2D eigenvalue weighted by atomic mass is 16.5. The smallest absolute Gasteiger partial charge is 0.308 e. The zero-order valence-corrected chi connectivity index (χ0v) is 13.0. The maximum Gasteiger partial charge on any atom is 0.308 e. The first kappa shape index (κ1) is 17.0. The van der Waals surface area contributed by atoms with E-state index >= 15 is 0 Å². The van der Waals surface area contributed by atoms with Crippen molar-refractivity contribution in [3.63, 3.8) is 0 Å². The standard InChI is InChI=1S/C15H27NO4/c1-5-15(2,3)16-13(17)10-20-12-8-6-11(7-9-12)14(18)19-4/h11-12H,5-10H2,1-4H3,(H,16,17). The van der Waals surface area contributed by atoms with Crippen LogP contribution in [0.25, 0.3) is 0 Å². The Labute approximate surface area is 121 Å². The summed E-state index contributed by atoms with van der Waals surface area (Å²) in [6, 6.07) is 0. The van der Waals surface area contributed by atoms with Crippen LogP contribution in [-0.2, 0) is 19.1 Å². The van der Waals surface area contributed by atoms with Crippen molar-refractivity contribution in [1.82, 2.24) is 5.32 Å². The molecule has 5 nitrogen and oxygen atoms in total. The van der Waals surface area contributed by atoms with Gasteiger partial charge in [0.1, 0.15) is 6.61 Å². The average molecular weight is 285 g/mol. The SMILES string of the molecule is CCC(C)(C)NC(=O)COC1CCC(C(=O)OC)CC1. The summed E-state index contributed by atoms with van der Waals surface area (Å²) in [5, 5.41) is 2.94. The van der Waals surface area contributed by atoms with Crippen molar-refractivity contribution in [2.45, 2.75) is 64.5 Å². The van der Waals surface area contributed by atoms with Crippen LogP contribution < -0.4 is 5.32 Å². The molecule has 116 valence electrons. The second kappa shape index (κ2) is 7.62. The number of carbonyl (C=O) groups excluding carboxylic acids is 2. The van der Waals surface area contributed by atoms with Crippen molar-refractivity contribution in [2.24, 2.45) is 5.92 Å². The highest BCUT2D eigenvalue weighted by Gasteiger charge is 2.28. The molecule has 0 radical (unpaired) electrons. The molecule has 1 saturated carbocycles. The van der Waals surface area contributed by atoms with Crippen LogP contribution in [0.1, 0.15) is 52.9 Å². The number of rotatable bonds is 6. The molecule has 0 unspecified atom stereocenters. The molecule has 5 heteroatoms. The maximum absolute atomic E-state index is 11.8. The molecule has 1 aliphatic carbocycles. The van der Waals surface area contributed by atoms with Gasteiger partial charge in [0, 0.05) is 5.54 Å². The van der Waals surface area contributed by atoms with E-state index in [0.29, 0.717) is 0 Å². The van der Waals surface area contributed by atoms with Gasteiger partial charge in [0.15, 0.2) is 0 Å². The van der Waals surface area contributed by atoms with Crippen LogP contribution in [-0.4, -0.2) is 37.2 Å². The van der Waals surface area contributed by atoms with Crippen LogP contribution in [0, 0.1) is 5.92 Å². The molecule has 0 spiro atoms. The first-order valence-electron chi connectivity index (χ1n) is 7.38. The predicted molar refractivity (Wildman–Crippen MR) is 76.2 cm³/mol. The first-order chi connectivity index (χ1) is 9.38. The second-order valence-electron chi connectivity index (χ2n) is 6.09. The Kier molecular flexibility index (Phi) is 6.46. The number of nitrogens with one attached hydrogen (secondary N) is 1. The molecule has 0 aliphatic heterocycles. The first-order valence-corrected chi connectivity index (χ1v) is 7.38. The Bertz CT molecular complexity index is 333. The summed E-state index contributed by atoms with van der Waals surface area (Å²) in [4.78, 5) is 23.2. The number of amides is 1. The van der Waals surface area contributed by atoms with E-state index in [2.05, 4.69) is 5.32 Å². The van der Waals surface area contributed by atoms with Gasteiger partial charge in [-0.05, 0) is 46.0 Å². The highest BCUT2D eigenvalue weighted by Crippen LogP contribution is 2.27. The zero-order chi connectivity index (χ0) is 15.2. The number of carbonyl (C=O) groups is 2. The molecule has 0 bridgehead atoms. The lowest BCUT2D eigenvalue weighted by molar-refractivity contribution is -0.148. The van der Waals surface area contributed by atoms with Crippen molar-refractivity contribution >= 4 is 11.9 Å². The Hall–Kier alpha value is -1.10. The molecule has 0 heterocycles. The van der Waals surface area contributed by atoms with Gasteiger partial charge >= 0.3 is 5.97 Å². The Morgan fingerprint density at radius 1 is 1.20 bits per heavy atom. The normalized spacial score (nSPS) is 23.2. The lowest BCUT2D eigenvalue weighted by atomic mass is 9.87. The molecule has 1 fully saturated rings. The van der Waals surface area contributed by atoms with Gasteiger partial charge in [-0.15, -0.1) is 0 Å². The van der Waals surface area contributed by atoms with Gasteiger partial charge in [-0.2, -0.15) is 0 Å². The minimum atomic E-state index is -0.191. The van der Waals surface area contributed by atoms with E-state index in [1.165, 1.54) is 7.11 Å². The minimum absolute atomic E-state index is 0.00676. The molecule has 0 saturated heterocycles. The fraction of sp³-hybridized carbons (Fsp3) is 0.867. The lowest BCUT2D eigenvalue weighted by Crippen LogP contribution is -2.45. The zero-order valence-electron chi connectivity index (χ0n) is 13.0. The van der Waals surface area contributed by atoms with E-state index in [-0.39, 0.29) is 36.0 Å². The third-order valence-corrected chi connectivity index (χ3v) is 4.02. The van der Waals surface area contributed by atoms with E-state index in [9.17, 15) is 9.59 Å². The third kappa shape index (κ3) is 5.49. The summed E-state index contributed by atoms with van der Waals surface area (Å²) >= 11 is 0. The van der Waals surface area contributed by atoms with E-state index in [1.807, 2.05) is 20.8 Å². The van der Waals surface area contributed by atoms with Gasteiger partial charge in [-0.3, -0.25) is 9.59 Å². The van der Waals surface area contributed by atoms with E-state index < -0.39 is 0 Å². The predicted octanol–water partition coefficient (Wildman–Crippen LogP) is 2.04. The molecular weight excluding hydrogens is 258 g/mol. The van der Waals surface area contributed by atoms with Crippen LogP contribution in [0.3, 0.4) is 0 Å². The van der Waals surface area contributed by atoms with E-state index in [0.717, 1.165) is 32.1 Å². The van der Waals surface area contributed by atoms with E-state index in [4.69, 9.17) is 9.47 Å². The number of hydrogen-bond acceptors (Lipinski definition) is 4. The van der Waals surface area contributed by atoms with Gasteiger partial charge in [0.2, 0.25) is 5.91 Å². The quantitative estimate of drug-likeness (QED) is 0.759. The van der Waals surface area contributed by atoms with Crippen LogP contribution in [0.4, 0.5) is 0 Å². The van der Waals surface area contributed by atoms with Crippen molar-refractivity contribution in [3.8, 4) is 0 Å². The molecule has 1 rings (SSSR count). The lowest BCUT2D eigenvalue weighted by Gasteiger charge is -2.28. The number of hydrogen-bond donors (Lipinski definition) is 1. The molecule has 0 aromatic rings. The Balaban J connectivity index is 2.24. The number of esters is 1. The molecule has 0 aromatic carbocycles. The van der Waals surface area contributed by atoms with E-state index in [1.54, 1.807) is 0 Å². The van der Waals surface area contributed by atoms with Crippen molar-refractivity contribution < 1.29 is 19.1 Å². The number of ether oxygens (including phenoxy) is 2. The van der Waals surface area contributed by atoms with Gasteiger partial charge < -0.3 is 14.8 Å². The van der Waals surface area contributed by atoms with Gasteiger partial charge in [-0.25, -0.2) is 0 Å². The van der Waals surface area contributed by atoms with Crippen molar-refractivity contribution in [3.05, 3.63) is 0 Å². The summed E-state index contributed by atoms with van der Waals surface area (Å²) in [7, 11) is 1.42.